The summed E-state index contributed by atoms with van der Waals surface area (Å²) in [6, 6.07) is 15.1. The number of halogens is 3. The molecule has 3 heterocycles. The third kappa shape index (κ3) is 6.61. The molecule has 2 aliphatic rings. The number of benzene rings is 2. The lowest BCUT2D eigenvalue weighted by Crippen LogP contribution is -2.36. The van der Waals surface area contributed by atoms with Gasteiger partial charge in [-0.25, -0.2) is 0 Å². The highest BCUT2D eigenvalue weighted by molar-refractivity contribution is 5.76. The monoisotopic (exact) mass is 594 g/mol. The molecule has 0 atom stereocenters. The molecule has 1 saturated carbocycles. The Morgan fingerprint density at radius 2 is 1.84 bits per heavy atom. The molecule has 1 aliphatic heterocycles. The topological polar surface area (TPSA) is 82.6 Å². The zero-order chi connectivity index (χ0) is 30.1. The number of ether oxygens (including phenoxy) is 2. The minimum absolute atomic E-state index is 0.0106. The molecule has 1 fully saturated rings. The van der Waals surface area contributed by atoms with Crippen molar-refractivity contribution >= 4 is 5.91 Å². The summed E-state index contributed by atoms with van der Waals surface area (Å²) in [5, 5.41) is 7.87. The first-order valence-corrected chi connectivity index (χ1v) is 14.4. The van der Waals surface area contributed by atoms with E-state index < -0.39 is 11.9 Å². The Kier molecular flexibility index (Phi) is 8.00. The Hall–Kier alpha value is -4.12. The molecule has 43 heavy (non-hydrogen) atoms. The lowest BCUT2D eigenvalue weighted by atomic mass is 9.96. The number of rotatable bonds is 4. The Morgan fingerprint density at radius 1 is 1.02 bits per heavy atom. The molecular formula is C32H33F3N4O4. The molecular weight excluding hydrogens is 561 g/mol. The summed E-state index contributed by atoms with van der Waals surface area (Å²) in [6.07, 6.45) is -2.38. The van der Waals surface area contributed by atoms with E-state index in [0.717, 1.165) is 63.9 Å². The van der Waals surface area contributed by atoms with Gasteiger partial charge in [-0.1, -0.05) is 35.5 Å². The van der Waals surface area contributed by atoms with Gasteiger partial charge in [0, 0.05) is 36.7 Å². The van der Waals surface area contributed by atoms with E-state index in [-0.39, 0.29) is 31.5 Å². The molecule has 2 aromatic heterocycles. The second-order valence-corrected chi connectivity index (χ2v) is 11.2. The Bertz CT molecular complexity index is 1600. The molecule has 0 unspecified atom stereocenters. The maximum absolute atomic E-state index is 13.5. The Morgan fingerprint density at radius 3 is 2.58 bits per heavy atom. The number of carbonyl (C=O) groups excluding carboxylic acids is 1. The second-order valence-electron chi connectivity index (χ2n) is 11.2. The minimum atomic E-state index is -4.56. The van der Waals surface area contributed by atoms with Gasteiger partial charge in [0.05, 0.1) is 18.9 Å². The SMILES string of the molecule is Cc1noc(C)c1-c1ccc2c(c1)Cc1cccc(c1)CN(C(=O)Cn1nc(C(F)(F)F)cc1C1CC1)CCOCCO2. The lowest BCUT2D eigenvalue weighted by Gasteiger charge is -2.24. The van der Waals surface area contributed by atoms with Crippen LogP contribution in [-0.2, 0) is 35.2 Å². The summed E-state index contributed by atoms with van der Waals surface area (Å²) in [7, 11) is 0. The quantitative estimate of drug-likeness (QED) is 0.285. The minimum Gasteiger partial charge on any atom is -0.491 e. The average Bonchev–Trinajstić information content (AvgIpc) is 3.63. The lowest BCUT2D eigenvalue weighted by molar-refractivity contribution is -0.142. The van der Waals surface area contributed by atoms with Crippen LogP contribution in [0.2, 0.25) is 0 Å². The zero-order valence-corrected chi connectivity index (χ0v) is 24.1. The van der Waals surface area contributed by atoms with Crippen LogP contribution >= 0.6 is 0 Å². The number of aromatic nitrogens is 3. The maximum atomic E-state index is 13.5. The second kappa shape index (κ2) is 11.9. The summed E-state index contributed by atoms with van der Waals surface area (Å²) in [4.78, 5) is 15.1. The third-order valence-electron chi connectivity index (χ3n) is 7.87. The van der Waals surface area contributed by atoms with Gasteiger partial charge < -0.3 is 18.9 Å². The molecule has 1 aliphatic carbocycles. The first-order chi connectivity index (χ1) is 20.7. The van der Waals surface area contributed by atoms with Crippen molar-refractivity contribution in [3.8, 4) is 16.9 Å². The van der Waals surface area contributed by atoms with Crippen molar-refractivity contribution in [2.75, 3.05) is 26.4 Å². The molecule has 6 rings (SSSR count). The van der Waals surface area contributed by atoms with Crippen molar-refractivity contribution in [2.45, 2.75) is 58.3 Å². The molecule has 226 valence electrons. The first kappa shape index (κ1) is 29.0. The van der Waals surface area contributed by atoms with E-state index in [1.54, 1.807) is 4.90 Å². The molecule has 2 aromatic carbocycles. The van der Waals surface area contributed by atoms with Crippen LogP contribution in [0.5, 0.6) is 5.75 Å². The van der Waals surface area contributed by atoms with Gasteiger partial charge in [0.2, 0.25) is 5.91 Å². The molecule has 8 nitrogen and oxygen atoms in total. The van der Waals surface area contributed by atoms with E-state index in [1.807, 2.05) is 50.2 Å². The molecule has 2 bridgehead atoms. The smallest absolute Gasteiger partial charge is 0.435 e. The van der Waals surface area contributed by atoms with Crippen LogP contribution in [0.3, 0.4) is 0 Å². The fourth-order valence-electron chi connectivity index (χ4n) is 5.60. The van der Waals surface area contributed by atoms with Crippen LogP contribution in [0.15, 0.2) is 53.1 Å². The molecule has 0 N–H and O–H groups in total. The van der Waals surface area contributed by atoms with Gasteiger partial charge in [-0.15, -0.1) is 0 Å². The van der Waals surface area contributed by atoms with E-state index >= 15 is 0 Å². The maximum Gasteiger partial charge on any atom is 0.435 e. The zero-order valence-electron chi connectivity index (χ0n) is 24.1. The van der Waals surface area contributed by atoms with Crippen LogP contribution < -0.4 is 4.74 Å². The summed E-state index contributed by atoms with van der Waals surface area (Å²) < 4.78 is 58.8. The largest absolute Gasteiger partial charge is 0.491 e. The predicted molar refractivity (Wildman–Crippen MR) is 152 cm³/mol. The standard InChI is InChI=1S/C32H33F3N4O4/c1-20-31(21(2)43-37-20)25-8-9-28-26(16-25)15-22-4-3-5-23(14-22)18-38(10-11-41-12-13-42-28)30(40)19-39-27(24-6-7-24)17-29(36-39)32(33,34)35/h3-5,8-9,14,16-17,24H,6-7,10-13,15,18-19H2,1-2H3. The van der Waals surface area contributed by atoms with Gasteiger partial charge in [0.1, 0.15) is 24.7 Å². The van der Waals surface area contributed by atoms with E-state index in [0.29, 0.717) is 31.9 Å². The fourth-order valence-corrected chi connectivity index (χ4v) is 5.60. The van der Waals surface area contributed by atoms with Gasteiger partial charge in [0.15, 0.2) is 5.69 Å². The first-order valence-electron chi connectivity index (χ1n) is 14.4. The fraction of sp³-hybridized carbons (Fsp3) is 0.406. The predicted octanol–water partition coefficient (Wildman–Crippen LogP) is 6.08. The van der Waals surface area contributed by atoms with Gasteiger partial charge in [-0.05, 0) is 67.1 Å². The number of hydrogen-bond donors (Lipinski definition) is 0. The van der Waals surface area contributed by atoms with Crippen molar-refractivity contribution in [1.29, 1.82) is 0 Å². The van der Waals surface area contributed by atoms with Gasteiger partial charge in [-0.3, -0.25) is 9.48 Å². The molecule has 1 amide bonds. The number of carbonyl (C=O) groups is 1. The highest BCUT2D eigenvalue weighted by Crippen LogP contribution is 2.42. The van der Waals surface area contributed by atoms with Gasteiger partial charge in [0.25, 0.3) is 0 Å². The summed E-state index contributed by atoms with van der Waals surface area (Å²) in [5.41, 5.74) is 5.20. The van der Waals surface area contributed by atoms with Crippen molar-refractivity contribution in [1.82, 2.24) is 19.8 Å². The highest BCUT2D eigenvalue weighted by Gasteiger charge is 2.38. The Labute approximate surface area is 247 Å². The number of hydrogen-bond acceptors (Lipinski definition) is 6. The van der Waals surface area contributed by atoms with Crippen LogP contribution in [0.1, 0.15) is 58.3 Å². The van der Waals surface area contributed by atoms with Crippen LogP contribution in [0.4, 0.5) is 13.2 Å². The van der Waals surface area contributed by atoms with E-state index in [4.69, 9.17) is 14.0 Å². The van der Waals surface area contributed by atoms with Crippen molar-refractivity contribution in [3.63, 3.8) is 0 Å². The molecule has 4 aromatic rings. The number of fused-ring (bicyclic) bond motifs is 3. The van der Waals surface area contributed by atoms with Gasteiger partial charge in [-0.2, -0.15) is 18.3 Å². The summed E-state index contributed by atoms with van der Waals surface area (Å²) in [5.74, 6) is 1.21. The van der Waals surface area contributed by atoms with Crippen LogP contribution in [-0.4, -0.2) is 52.1 Å². The van der Waals surface area contributed by atoms with Crippen LogP contribution in [0.25, 0.3) is 11.1 Å². The molecule has 0 saturated heterocycles. The third-order valence-corrected chi connectivity index (χ3v) is 7.87. The van der Waals surface area contributed by atoms with E-state index in [9.17, 15) is 18.0 Å². The van der Waals surface area contributed by atoms with E-state index in [2.05, 4.69) is 16.3 Å². The normalized spacial score (nSPS) is 16.3. The molecule has 0 radical (unpaired) electrons. The molecule has 11 heteroatoms. The van der Waals surface area contributed by atoms with Crippen molar-refractivity contribution in [3.05, 3.63) is 88.1 Å². The van der Waals surface area contributed by atoms with E-state index in [1.165, 1.54) is 4.68 Å². The average molecular weight is 595 g/mol. The number of nitrogens with zero attached hydrogens (tertiary/aromatic N) is 4. The number of aryl methyl sites for hydroxylation is 2. The highest BCUT2D eigenvalue weighted by atomic mass is 19.4. The molecule has 0 spiro atoms. The summed E-state index contributed by atoms with van der Waals surface area (Å²) >= 11 is 0. The Balaban J connectivity index is 1.26. The van der Waals surface area contributed by atoms with Crippen molar-refractivity contribution in [2.24, 2.45) is 0 Å². The van der Waals surface area contributed by atoms with Crippen LogP contribution in [0, 0.1) is 13.8 Å². The van der Waals surface area contributed by atoms with Gasteiger partial charge >= 0.3 is 6.18 Å². The number of alkyl halides is 3. The number of amides is 1. The summed E-state index contributed by atoms with van der Waals surface area (Å²) in [6.45, 7) is 5.02. The van der Waals surface area contributed by atoms with Crippen molar-refractivity contribution < 1.29 is 32.0 Å².